The molecule has 2 heterocycles. The Labute approximate surface area is 162 Å². The second-order valence-corrected chi connectivity index (χ2v) is 7.54. The highest BCUT2D eigenvalue weighted by atomic mass is 32.1. The zero-order valence-corrected chi connectivity index (χ0v) is 15.7. The van der Waals surface area contributed by atoms with Crippen molar-refractivity contribution >= 4 is 34.5 Å². The summed E-state index contributed by atoms with van der Waals surface area (Å²) in [4.78, 5) is 27.7. The summed E-state index contributed by atoms with van der Waals surface area (Å²) >= 11 is 1.46. The van der Waals surface area contributed by atoms with E-state index in [1.165, 1.54) is 11.3 Å². The molecule has 0 saturated heterocycles. The quantitative estimate of drug-likeness (QED) is 0.728. The van der Waals surface area contributed by atoms with E-state index >= 15 is 0 Å². The van der Waals surface area contributed by atoms with E-state index in [1.807, 2.05) is 70.9 Å². The van der Waals surface area contributed by atoms with E-state index in [1.54, 1.807) is 0 Å². The van der Waals surface area contributed by atoms with Gasteiger partial charge in [-0.15, -0.1) is 11.3 Å². The second kappa shape index (κ2) is 7.76. The van der Waals surface area contributed by atoms with Gasteiger partial charge in [-0.2, -0.15) is 0 Å². The molecule has 1 aromatic heterocycles. The smallest absolute Gasteiger partial charge is 0.268 e. The molecule has 1 N–H and O–H groups in total. The van der Waals surface area contributed by atoms with Gasteiger partial charge in [0.2, 0.25) is 5.91 Å². The predicted octanol–water partition coefficient (Wildman–Crippen LogP) is 4.52. The number of benzene rings is 2. The average Bonchev–Trinajstić information content (AvgIpc) is 3.22. The summed E-state index contributed by atoms with van der Waals surface area (Å²) in [6.07, 6.45) is 2.18. The molecule has 1 aliphatic heterocycles. The number of hydrogen-bond donors (Lipinski definition) is 1. The molecule has 0 spiro atoms. The summed E-state index contributed by atoms with van der Waals surface area (Å²) in [6.45, 7) is 0.726. The van der Waals surface area contributed by atoms with Gasteiger partial charge in [-0.25, -0.2) is 0 Å². The van der Waals surface area contributed by atoms with Crippen LogP contribution in [0.1, 0.15) is 27.2 Å². The first-order chi connectivity index (χ1) is 13.2. The van der Waals surface area contributed by atoms with Crippen LogP contribution < -0.4 is 10.2 Å². The van der Waals surface area contributed by atoms with Gasteiger partial charge in [0.25, 0.3) is 5.91 Å². The van der Waals surface area contributed by atoms with Crippen LogP contribution in [0.2, 0.25) is 0 Å². The summed E-state index contributed by atoms with van der Waals surface area (Å²) in [7, 11) is 0. The minimum Gasteiger partial charge on any atom is -0.326 e. The molecule has 2 amide bonds. The fourth-order valence-corrected chi connectivity index (χ4v) is 4.08. The highest BCUT2D eigenvalue weighted by Gasteiger charge is 2.24. The van der Waals surface area contributed by atoms with Gasteiger partial charge in [0.1, 0.15) is 0 Å². The van der Waals surface area contributed by atoms with Gasteiger partial charge in [-0.3, -0.25) is 9.59 Å². The third-order valence-corrected chi connectivity index (χ3v) is 5.52. The SMILES string of the molecule is O=C(Cc1ccccc1)Nc1ccc2c(c1)CCCN2C(=O)c1cccs1. The number of carbonyl (C=O) groups is 2. The fourth-order valence-electron chi connectivity index (χ4n) is 3.41. The number of rotatable bonds is 4. The monoisotopic (exact) mass is 376 g/mol. The zero-order chi connectivity index (χ0) is 18.6. The molecule has 0 fully saturated rings. The molecular weight excluding hydrogens is 356 g/mol. The Morgan fingerprint density at radius 1 is 1.04 bits per heavy atom. The molecule has 136 valence electrons. The zero-order valence-electron chi connectivity index (χ0n) is 14.9. The molecule has 5 heteroatoms. The van der Waals surface area contributed by atoms with Gasteiger partial charge >= 0.3 is 0 Å². The lowest BCUT2D eigenvalue weighted by Crippen LogP contribution is -2.35. The Balaban J connectivity index is 1.50. The summed E-state index contributed by atoms with van der Waals surface area (Å²) in [5.74, 6) is 0.00953. The van der Waals surface area contributed by atoms with Crippen LogP contribution in [0.3, 0.4) is 0 Å². The number of fused-ring (bicyclic) bond motifs is 1. The molecule has 2 aromatic carbocycles. The van der Waals surface area contributed by atoms with E-state index in [4.69, 9.17) is 0 Å². The van der Waals surface area contributed by atoms with Crippen molar-refractivity contribution in [1.82, 2.24) is 0 Å². The predicted molar refractivity (Wildman–Crippen MR) is 110 cm³/mol. The van der Waals surface area contributed by atoms with Crippen molar-refractivity contribution in [3.05, 3.63) is 82.0 Å². The normalized spacial score (nSPS) is 13.1. The minimum atomic E-state index is -0.0384. The lowest BCUT2D eigenvalue weighted by Gasteiger charge is -2.29. The van der Waals surface area contributed by atoms with Crippen LogP contribution in [-0.4, -0.2) is 18.4 Å². The van der Waals surface area contributed by atoms with Crippen LogP contribution in [0, 0.1) is 0 Å². The molecular formula is C22H20N2O2S. The maximum Gasteiger partial charge on any atom is 0.268 e. The number of amides is 2. The summed E-state index contributed by atoms with van der Waals surface area (Å²) in [5.41, 5.74) is 3.81. The lowest BCUT2D eigenvalue weighted by atomic mass is 10.0. The Morgan fingerprint density at radius 3 is 2.67 bits per heavy atom. The van der Waals surface area contributed by atoms with E-state index < -0.39 is 0 Å². The molecule has 0 radical (unpaired) electrons. The molecule has 0 saturated carbocycles. The van der Waals surface area contributed by atoms with Gasteiger partial charge in [-0.1, -0.05) is 36.4 Å². The van der Waals surface area contributed by atoms with Crippen LogP contribution in [0.25, 0.3) is 0 Å². The van der Waals surface area contributed by atoms with Gasteiger partial charge in [0.05, 0.1) is 11.3 Å². The van der Waals surface area contributed by atoms with E-state index in [2.05, 4.69) is 5.32 Å². The average molecular weight is 376 g/mol. The maximum absolute atomic E-state index is 12.8. The third-order valence-electron chi connectivity index (χ3n) is 4.67. The van der Waals surface area contributed by atoms with Gasteiger partial charge in [-0.05, 0) is 53.6 Å². The molecule has 4 rings (SSSR count). The van der Waals surface area contributed by atoms with Gasteiger partial charge in [0.15, 0.2) is 0 Å². The lowest BCUT2D eigenvalue weighted by molar-refractivity contribution is -0.115. The molecule has 27 heavy (non-hydrogen) atoms. The Morgan fingerprint density at radius 2 is 1.89 bits per heavy atom. The van der Waals surface area contributed by atoms with E-state index in [-0.39, 0.29) is 11.8 Å². The highest BCUT2D eigenvalue weighted by molar-refractivity contribution is 7.12. The first kappa shape index (κ1) is 17.5. The number of thiophene rings is 1. The van der Waals surface area contributed by atoms with E-state index in [0.717, 1.165) is 46.8 Å². The summed E-state index contributed by atoms with van der Waals surface area (Å²) in [5, 5.41) is 4.89. The van der Waals surface area contributed by atoms with Gasteiger partial charge < -0.3 is 10.2 Å². The largest absolute Gasteiger partial charge is 0.326 e. The Hall–Kier alpha value is -2.92. The number of carbonyl (C=O) groups excluding carboxylic acids is 2. The molecule has 0 aliphatic carbocycles. The van der Waals surface area contributed by atoms with Crippen molar-refractivity contribution in [2.75, 3.05) is 16.8 Å². The first-order valence-corrected chi connectivity index (χ1v) is 9.91. The Kier molecular flexibility index (Phi) is 5.03. The van der Waals surface area contributed by atoms with Crippen LogP contribution in [0.5, 0.6) is 0 Å². The molecule has 0 atom stereocenters. The summed E-state index contributed by atoms with van der Waals surface area (Å²) < 4.78 is 0. The number of nitrogens with one attached hydrogen (secondary N) is 1. The van der Waals surface area contributed by atoms with Crippen molar-refractivity contribution in [3.8, 4) is 0 Å². The standard InChI is InChI=1S/C22H20N2O2S/c25-21(14-16-6-2-1-3-7-16)23-18-10-11-19-17(15-18)8-4-12-24(19)22(26)20-9-5-13-27-20/h1-3,5-7,9-11,13,15H,4,8,12,14H2,(H,23,25). The van der Waals surface area contributed by atoms with Crippen molar-refractivity contribution in [2.24, 2.45) is 0 Å². The number of anilines is 2. The summed E-state index contributed by atoms with van der Waals surface area (Å²) in [6, 6.07) is 19.3. The van der Waals surface area contributed by atoms with E-state index in [9.17, 15) is 9.59 Å². The number of hydrogen-bond acceptors (Lipinski definition) is 3. The topological polar surface area (TPSA) is 49.4 Å². The van der Waals surface area contributed by atoms with Crippen molar-refractivity contribution in [3.63, 3.8) is 0 Å². The minimum absolute atomic E-state index is 0.0384. The fraction of sp³-hybridized carbons (Fsp3) is 0.182. The molecule has 1 aliphatic rings. The van der Waals surface area contributed by atoms with E-state index in [0.29, 0.717) is 6.42 Å². The number of nitrogens with zero attached hydrogens (tertiary/aromatic N) is 1. The van der Waals surface area contributed by atoms with Crippen LogP contribution in [0.4, 0.5) is 11.4 Å². The van der Waals surface area contributed by atoms with Crippen LogP contribution >= 0.6 is 11.3 Å². The molecule has 3 aromatic rings. The highest BCUT2D eigenvalue weighted by Crippen LogP contribution is 2.31. The Bertz CT molecular complexity index is 952. The second-order valence-electron chi connectivity index (χ2n) is 6.59. The molecule has 4 nitrogen and oxygen atoms in total. The maximum atomic E-state index is 12.8. The van der Waals surface area contributed by atoms with Crippen molar-refractivity contribution in [1.29, 1.82) is 0 Å². The number of aryl methyl sites for hydroxylation is 1. The van der Waals surface area contributed by atoms with Crippen LogP contribution in [-0.2, 0) is 17.6 Å². The first-order valence-electron chi connectivity index (χ1n) is 9.03. The van der Waals surface area contributed by atoms with Crippen molar-refractivity contribution in [2.45, 2.75) is 19.3 Å². The van der Waals surface area contributed by atoms with Crippen molar-refractivity contribution < 1.29 is 9.59 Å². The van der Waals surface area contributed by atoms with Gasteiger partial charge in [0, 0.05) is 17.9 Å². The third kappa shape index (κ3) is 3.93. The molecule has 0 bridgehead atoms. The van der Waals surface area contributed by atoms with Crippen LogP contribution in [0.15, 0.2) is 66.0 Å². The molecule has 0 unspecified atom stereocenters.